The third-order valence-corrected chi connectivity index (χ3v) is 4.25. The Balaban J connectivity index is 1.92. The van der Waals surface area contributed by atoms with Crippen molar-refractivity contribution in [1.29, 1.82) is 0 Å². The van der Waals surface area contributed by atoms with E-state index in [0.717, 1.165) is 11.4 Å². The quantitative estimate of drug-likeness (QED) is 0.827. The first-order valence-electron chi connectivity index (χ1n) is 6.62. The number of rotatable bonds is 2. The van der Waals surface area contributed by atoms with Crippen LogP contribution in [-0.4, -0.2) is 42.4 Å². The smallest absolute Gasteiger partial charge is 0.254 e. The number of fused-ring (bicyclic) bond motifs is 1. The van der Waals surface area contributed by atoms with Crippen molar-refractivity contribution in [3.63, 3.8) is 0 Å². The van der Waals surface area contributed by atoms with Crippen LogP contribution in [0.5, 0.6) is 0 Å². The lowest BCUT2D eigenvalue weighted by Gasteiger charge is -2.10. The lowest BCUT2D eigenvalue weighted by molar-refractivity contribution is -0.117. The summed E-state index contributed by atoms with van der Waals surface area (Å²) in [4.78, 5) is 33.4. The maximum absolute atomic E-state index is 12.1. The molecule has 0 saturated carbocycles. The number of aryl methyl sites for hydroxylation is 2. The number of hydrogen-bond donors (Lipinski definition) is 0. The Hall–Kier alpha value is -1.96. The summed E-state index contributed by atoms with van der Waals surface area (Å²) in [5, 5.41) is 4.34. The lowest BCUT2D eigenvalue weighted by Crippen LogP contribution is -2.26. The van der Waals surface area contributed by atoms with Gasteiger partial charge in [0, 0.05) is 36.5 Å². The number of carbonyl (C=O) groups excluding carboxylic acids is 2. The summed E-state index contributed by atoms with van der Waals surface area (Å²) in [7, 11) is 0. The van der Waals surface area contributed by atoms with Crippen LogP contribution in [0.1, 0.15) is 24.7 Å². The van der Waals surface area contributed by atoms with E-state index in [1.807, 2.05) is 19.9 Å². The summed E-state index contributed by atoms with van der Waals surface area (Å²) < 4.78 is 1.63. The van der Waals surface area contributed by atoms with Gasteiger partial charge >= 0.3 is 0 Å². The summed E-state index contributed by atoms with van der Waals surface area (Å²) in [6, 6.07) is 1.91. The summed E-state index contributed by atoms with van der Waals surface area (Å²) in [6.45, 7) is 5.78. The minimum absolute atomic E-state index is 0.0192. The van der Waals surface area contributed by atoms with Crippen LogP contribution in [0.15, 0.2) is 6.07 Å². The van der Waals surface area contributed by atoms with Gasteiger partial charge in [-0.25, -0.2) is 4.98 Å². The predicted octanol–water partition coefficient (Wildman–Crippen LogP) is 1.13. The summed E-state index contributed by atoms with van der Waals surface area (Å²) in [5.74, 6) is 0.782. The van der Waals surface area contributed by atoms with E-state index in [-0.39, 0.29) is 16.3 Å². The Bertz CT molecular complexity index is 741. The average Bonchev–Trinajstić information content (AvgIpc) is 2.92. The fourth-order valence-electron chi connectivity index (χ4n) is 2.45. The first-order valence-corrected chi connectivity index (χ1v) is 7.50. The highest BCUT2D eigenvalue weighted by atomic mass is 32.2. The molecule has 1 atom stereocenters. The van der Waals surface area contributed by atoms with E-state index in [4.69, 9.17) is 0 Å². The zero-order valence-corrected chi connectivity index (χ0v) is 12.8. The van der Waals surface area contributed by atoms with Gasteiger partial charge in [-0.2, -0.15) is 9.50 Å². The number of anilines is 1. The minimum atomic E-state index is -0.0565. The molecule has 7 nitrogen and oxygen atoms in total. The van der Waals surface area contributed by atoms with E-state index in [0.29, 0.717) is 24.7 Å². The highest BCUT2D eigenvalue weighted by Gasteiger charge is 2.34. The fraction of sp³-hybridized carbons (Fsp3) is 0.462. The Morgan fingerprint density at radius 1 is 1.38 bits per heavy atom. The molecule has 1 aliphatic heterocycles. The van der Waals surface area contributed by atoms with Gasteiger partial charge in [0.25, 0.3) is 11.7 Å². The minimum Gasteiger partial charge on any atom is -0.288 e. The van der Waals surface area contributed by atoms with Crippen molar-refractivity contribution < 1.29 is 9.59 Å². The maximum atomic E-state index is 12.1. The number of aromatic nitrogens is 4. The molecule has 0 bridgehead atoms. The molecule has 8 heteroatoms. The van der Waals surface area contributed by atoms with Gasteiger partial charge in [0.05, 0.1) is 0 Å². The highest BCUT2D eigenvalue weighted by molar-refractivity contribution is 8.14. The van der Waals surface area contributed by atoms with E-state index >= 15 is 0 Å². The van der Waals surface area contributed by atoms with Gasteiger partial charge < -0.3 is 0 Å². The second kappa shape index (κ2) is 5.10. The maximum Gasteiger partial charge on any atom is 0.254 e. The topological polar surface area (TPSA) is 80.5 Å². The van der Waals surface area contributed by atoms with Crippen molar-refractivity contribution in [3.05, 3.63) is 17.5 Å². The van der Waals surface area contributed by atoms with Crippen LogP contribution in [0.25, 0.3) is 5.78 Å². The van der Waals surface area contributed by atoms with Crippen molar-refractivity contribution in [2.75, 3.05) is 11.4 Å². The first kappa shape index (κ1) is 14.0. The van der Waals surface area contributed by atoms with Crippen LogP contribution in [0.4, 0.5) is 5.95 Å². The molecule has 1 amide bonds. The monoisotopic (exact) mass is 305 g/mol. The summed E-state index contributed by atoms with van der Waals surface area (Å²) >= 11 is 1.20. The second-order valence-corrected chi connectivity index (χ2v) is 6.58. The molecule has 0 radical (unpaired) electrons. The molecule has 2 aromatic heterocycles. The SMILES string of the molecule is CC(=O)SC1CC(=O)N(c2nc3nc(C)cc(C)n3n2)C1. The molecule has 110 valence electrons. The third kappa shape index (κ3) is 2.63. The van der Waals surface area contributed by atoms with Gasteiger partial charge in [0.15, 0.2) is 5.12 Å². The van der Waals surface area contributed by atoms with E-state index in [9.17, 15) is 9.59 Å². The fourth-order valence-corrected chi connectivity index (χ4v) is 3.37. The van der Waals surface area contributed by atoms with Crippen molar-refractivity contribution in [2.24, 2.45) is 0 Å². The van der Waals surface area contributed by atoms with Crippen LogP contribution in [-0.2, 0) is 9.59 Å². The number of thioether (sulfide) groups is 1. The Morgan fingerprint density at radius 2 is 2.14 bits per heavy atom. The largest absolute Gasteiger partial charge is 0.288 e. The van der Waals surface area contributed by atoms with E-state index in [2.05, 4.69) is 15.1 Å². The molecule has 1 saturated heterocycles. The zero-order chi connectivity index (χ0) is 15.1. The van der Waals surface area contributed by atoms with Crippen LogP contribution in [0, 0.1) is 13.8 Å². The van der Waals surface area contributed by atoms with Crippen LogP contribution in [0.2, 0.25) is 0 Å². The molecule has 2 aromatic rings. The molecule has 0 N–H and O–H groups in total. The van der Waals surface area contributed by atoms with Crippen LogP contribution >= 0.6 is 11.8 Å². The third-order valence-electron chi connectivity index (χ3n) is 3.27. The van der Waals surface area contributed by atoms with E-state index in [1.54, 1.807) is 4.52 Å². The zero-order valence-electron chi connectivity index (χ0n) is 12.0. The summed E-state index contributed by atoms with van der Waals surface area (Å²) in [6.07, 6.45) is 0.339. The van der Waals surface area contributed by atoms with Gasteiger partial charge in [0.2, 0.25) is 5.91 Å². The number of amides is 1. The molecule has 0 aromatic carbocycles. The molecule has 0 spiro atoms. The van der Waals surface area contributed by atoms with E-state index in [1.165, 1.54) is 23.6 Å². The van der Waals surface area contributed by atoms with E-state index < -0.39 is 0 Å². The van der Waals surface area contributed by atoms with Crippen molar-refractivity contribution >= 4 is 34.5 Å². The van der Waals surface area contributed by atoms with Gasteiger partial charge in [-0.15, -0.1) is 5.10 Å². The Morgan fingerprint density at radius 3 is 2.86 bits per heavy atom. The second-order valence-electron chi connectivity index (χ2n) is 5.10. The molecule has 3 rings (SSSR count). The Kier molecular flexibility index (Phi) is 3.40. The molecule has 3 heterocycles. The van der Waals surface area contributed by atoms with Gasteiger partial charge in [0.1, 0.15) is 0 Å². The standard InChI is InChI=1S/C13H15N5O2S/c1-7-4-8(2)18-12(14-7)15-13(16-18)17-6-10(5-11(17)20)21-9(3)19/h4,10H,5-6H2,1-3H3. The molecule has 1 unspecified atom stereocenters. The number of hydrogen-bond acceptors (Lipinski definition) is 6. The van der Waals surface area contributed by atoms with Crippen molar-refractivity contribution in [1.82, 2.24) is 19.6 Å². The first-order chi connectivity index (χ1) is 9.94. The average molecular weight is 305 g/mol. The number of carbonyl (C=O) groups is 2. The van der Waals surface area contributed by atoms with Crippen LogP contribution in [0.3, 0.4) is 0 Å². The normalized spacial score (nSPS) is 18.7. The number of nitrogens with zero attached hydrogens (tertiary/aromatic N) is 5. The molecule has 1 aliphatic rings. The van der Waals surface area contributed by atoms with Crippen LogP contribution < -0.4 is 4.90 Å². The van der Waals surface area contributed by atoms with Crippen molar-refractivity contribution in [2.45, 2.75) is 32.4 Å². The summed E-state index contributed by atoms with van der Waals surface area (Å²) in [5.41, 5.74) is 1.77. The molecule has 0 aliphatic carbocycles. The Labute approximate surface area is 125 Å². The molecule has 21 heavy (non-hydrogen) atoms. The predicted molar refractivity (Wildman–Crippen MR) is 79.3 cm³/mol. The van der Waals surface area contributed by atoms with Gasteiger partial charge in [-0.3, -0.25) is 14.5 Å². The molecular weight excluding hydrogens is 290 g/mol. The molecular formula is C13H15N5O2S. The molecule has 1 fully saturated rings. The van der Waals surface area contributed by atoms with Gasteiger partial charge in [-0.1, -0.05) is 11.8 Å². The highest BCUT2D eigenvalue weighted by Crippen LogP contribution is 2.27. The van der Waals surface area contributed by atoms with Crippen molar-refractivity contribution in [3.8, 4) is 0 Å². The van der Waals surface area contributed by atoms with Gasteiger partial charge in [-0.05, 0) is 19.9 Å². The lowest BCUT2D eigenvalue weighted by atomic mass is 10.4.